The van der Waals surface area contributed by atoms with Crippen molar-refractivity contribution in [3.05, 3.63) is 11.6 Å². The van der Waals surface area contributed by atoms with Gasteiger partial charge in [-0.05, 0) is 20.8 Å². The molecule has 0 atom stereocenters. The van der Waals surface area contributed by atoms with Gasteiger partial charge in [-0.15, -0.1) is 0 Å². The average Bonchev–Trinajstić information content (AvgIpc) is 2.42. The molecule has 0 saturated carbocycles. The zero-order valence-corrected chi connectivity index (χ0v) is 9.53. The molecule has 0 unspecified atom stereocenters. The zero-order chi connectivity index (χ0) is 12.7. The van der Waals surface area contributed by atoms with Gasteiger partial charge in [-0.1, -0.05) is 0 Å². The first-order valence-electron chi connectivity index (χ1n) is 4.76. The molecule has 88 valence electrons. The molecular weight excluding hydrogens is 212 g/mol. The third-order valence-electron chi connectivity index (χ3n) is 1.68. The normalized spacial score (nSPS) is 13.6. The van der Waals surface area contributed by atoms with Crippen molar-refractivity contribution < 1.29 is 23.9 Å². The van der Waals surface area contributed by atoms with Crippen LogP contribution in [0.15, 0.2) is 11.6 Å². The van der Waals surface area contributed by atoms with Gasteiger partial charge in [0.25, 0.3) is 0 Å². The number of hydrogen-bond acceptors (Lipinski definition) is 5. The summed E-state index contributed by atoms with van der Waals surface area (Å²) in [6.45, 7) is 4.51. The quantitative estimate of drug-likeness (QED) is 0.529. The predicted molar refractivity (Wildman–Crippen MR) is 55.5 cm³/mol. The zero-order valence-electron chi connectivity index (χ0n) is 9.53. The van der Waals surface area contributed by atoms with E-state index in [9.17, 15) is 19.2 Å². The van der Waals surface area contributed by atoms with Crippen LogP contribution in [0.5, 0.6) is 0 Å². The highest BCUT2D eigenvalue weighted by Crippen LogP contribution is 2.04. The van der Waals surface area contributed by atoms with E-state index < -0.39 is 11.9 Å². The lowest BCUT2D eigenvalue weighted by Gasteiger charge is -1.86. The number of esters is 2. The summed E-state index contributed by atoms with van der Waals surface area (Å²) >= 11 is 0. The van der Waals surface area contributed by atoms with Gasteiger partial charge in [0.2, 0.25) is 0 Å². The van der Waals surface area contributed by atoms with Crippen molar-refractivity contribution in [2.75, 3.05) is 0 Å². The first kappa shape index (κ1) is 14.2. The monoisotopic (exact) mass is 226 g/mol. The highest BCUT2D eigenvalue weighted by atomic mass is 16.6. The maximum atomic E-state index is 10.3. The van der Waals surface area contributed by atoms with Gasteiger partial charge in [-0.2, -0.15) is 0 Å². The van der Waals surface area contributed by atoms with E-state index in [2.05, 4.69) is 4.74 Å². The van der Waals surface area contributed by atoms with Gasteiger partial charge in [-0.25, -0.2) is 9.59 Å². The molecular formula is C11H14O5. The highest BCUT2D eigenvalue weighted by molar-refractivity contribution is 6.08. The number of hydrogen-bond donors (Lipinski definition) is 0. The van der Waals surface area contributed by atoms with Crippen LogP contribution in [0.1, 0.15) is 33.6 Å². The Labute approximate surface area is 93.5 Å². The summed E-state index contributed by atoms with van der Waals surface area (Å²) in [5, 5.41) is 0. The van der Waals surface area contributed by atoms with Gasteiger partial charge in [0.15, 0.2) is 0 Å². The Morgan fingerprint density at radius 1 is 1.12 bits per heavy atom. The van der Waals surface area contributed by atoms with Crippen molar-refractivity contribution in [2.45, 2.75) is 33.6 Å². The topological polar surface area (TPSA) is 77.5 Å². The Morgan fingerprint density at radius 2 is 1.56 bits per heavy atom. The Balaban J connectivity index is 0.000000281. The average molecular weight is 226 g/mol. The molecule has 0 saturated heterocycles. The van der Waals surface area contributed by atoms with E-state index >= 15 is 0 Å². The molecule has 5 nitrogen and oxygen atoms in total. The van der Waals surface area contributed by atoms with Crippen LogP contribution in [0, 0.1) is 0 Å². The lowest BCUT2D eigenvalue weighted by Crippen LogP contribution is -1.99. The number of carbonyl (C=O) groups excluding carboxylic acids is 4. The van der Waals surface area contributed by atoms with Gasteiger partial charge in [0, 0.05) is 24.5 Å². The standard InChI is InChI=1S/C6H10O2.C5H4O3/c1-5(7)3-4-6(2)8;1-3-2-4(6)8-5(3)7/h3-4H2,1-2H3;2H,1H3. The van der Waals surface area contributed by atoms with Crippen LogP contribution in [0.4, 0.5) is 0 Å². The number of Topliss-reactive ketones (excluding diaryl/α,β-unsaturated/α-hetero) is 2. The SMILES string of the molecule is CC(=O)CCC(C)=O.CC1=CC(=O)OC1=O. The predicted octanol–water partition coefficient (Wildman–Crippen LogP) is 0.961. The molecule has 0 aromatic carbocycles. The lowest BCUT2D eigenvalue weighted by atomic mass is 10.2. The van der Waals surface area contributed by atoms with Crippen LogP contribution < -0.4 is 0 Å². The van der Waals surface area contributed by atoms with Crippen LogP contribution >= 0.6 is 0 Å². The maximum absolute atomic E-state index is 10.3. The molecule has 16 heavy (non-hydrogen) atoms. The summed E-state index contributed by atoms with van der Waals surface area (Å²) in [5.41, 5.74) is 0.370. The van der Waals surface area contributed by atoms with E-state index in [4.69, 9.17) is 0 Å². The van der Waals surface area contributed by atoms with Crippen molar-refractivity contribution >= 4 is 23.5 Å². The fourth-order valence-corrected chi connectivity index (χ4v) is 0.789. The summed E-state index contributed by atoms with van der Waals surface area (Å²) in [4.78, 5) is 40.8. The minimum atomic E-state index is -0.562. The molecule has 1 aliphatic rings. The van der Waals surface area contributed by atoms with Crippen LogP contribution in [0.2, 0.25) is 0 Å². The second-order valence-corrected chi connectivity index (χ2v) is 3.44. The molecule has 0 radical (unpaired) electrons. The molecule has 1 rings (SSSR count). The molecule has 1 aliphatic heterocycles. The molecule has 0 N–H and O–H groups in total. The fourth-order valence-electron chi connectivity index (χ4n) is 0.789. The third kappa shape index (κ3) is 6.64. The molecule has 0 amide bonds. The van der Waals surface area contributed by atoms with Gasteiger partial charge in [-0.3, -0.25) is 0 Å². The summed E-state index contributed by atoms with van der Waals surface area (Å²) in [6.07, 6.45) is 1.97. The van der Waals surface area contributed by atoms with Crippen molar-refractivity contribution in [3.8, 4) is 0 Å². The smallest absolute Gasteiger partial charge is 0.341 e. The molecule has 0 bridgehead atoms. The van der Waals surface area contributed by atoms with Gasteiger partial charge < -0.3 is 14.3 Å². The summed E-state index contributed by atoms with van der Waals surface area (Å²) in [7, 11) is 0. The molecule has 0 aromatic heterocycles. The van der Waals surface area contributed by atoms with E-state index in [1.807, 2.05) is 0 Å². The number of rotatable bonds is 3. The largest absolute Gasteiger partial charge is 0.386 e. The Morgan fingerprint density at radius 3 is 1.69 bits per heavy atom. The van der Waals surface area contributed by atoms with E-state index in [1.54, 1.807) is 0 Å². The first-order valence-corrected chi connectivity index (χ1v) is 4.76. The number of ether oxygens (including phenoxy) is 1. The summed E-state index contributed by atoms with van der Waals surface area (Å²) in [6, 6.07) is 0. The molecule has 0 aliphatic carbocycles. The number of carbonyl (C=O) groups is 4. The highest BCUT2D eigenvalue weighted by Gasteiger charge is 2.18. The Bertz CT molecular complexity index is 337. The summed E-state index contributed by atoms with van der Waals surface area (Å²) in [5.74, 6) is -0.928. The van der Waals surface area contributed by atoms with Gasteiger partial charge >= 0.3 is 11.9 Å². The number of ketones is 2. The molecule has 1 heterocycles. The number of cyclic esters (lactones) is 2. The Hall–Kier alpha value is -1.78. The molecule has 0 spiro atoms. The second-order valence-electron chi connectivity index (χ2n) is 3.44. The van der Waals surface area contributed by atoms with Crippen molar-refractivity contribution in [1.29, 1.82) is 0 Å². The van der Waals surface area contributed by atoms with Crippen LogP contribution in [0.25, 0.3) is 0 Å². The van der Waals surface area contributed by atoms with Crippen molar-refractivity contribution in [2.24, 2.45) is 0 Å². The van der Waals surface area contributed by atoms with E-state index in [-0.39, 0.29) is 11.6 Å². The van der Waals surface area contributed by atoms with E-state index in [0.717, 1.165) is 0 Å². The van der Waals surface area contributed by atoms with Crippen molar-refractivity contribution in [1.82, 2.24) is 0 Å². The fraction of sp³-hybridized carbons (Fsp3) is 0.455. The third-order valence-corrected chi connectivity index (χ3v) is 1.68. The summed E-state index contributed by atoms with van der Waals surface area (Å²) < 4.78 is 4.10. The molecule has 0 aromatic rings. The Kier molecular flexibility index (Phi) is 5.92. The van der Waals surface area contributed by atoms with Crippen LogP contribution in [0.3, 0.4) is 0 Å². The van der Waals surface area contributed by atoms with Gasteiger partial charge in [0.1, 0.15) is 11.6 Å². The lowest BCUT2D eigenvalue weighted by molar-refractivity contribution is -0.150. The maximum Gasteiger partial charge on any atom is 0.341 e. The van der Waals surface area contributed by atoms with Crippen LogP contribution in [-0.4, -0.2) is 23.5 Å². The van der Waals surface area contributed by atoms with Gasteiger partial charge in [0.05, 0.1) is 0 Å². The van der Waals surface area contributed by atoms with Crippen molar-refractivity contribution in [3.63, 3.8) is 0 Å². The molecule has 0 fully saturated rings. The first-order chi connectivity index (χ1) is 7.32. The second kappa shape index (κ2) is 6.66. The van der Waals surface area contributed by atoms with Crippen LogP contribution in [-0.2, 0) is 23.9 Å². The minimum absolute atomic E-state index is 0.0835. The van der Waals surface area contributed by atoms with E-state index in [0.29, 0.717) is 18.4 Å². The minimum Gasteiger partial charge on any atom is -0.386 e. The molecule has 5 heteroatoms. The van der Waals surface area contributed by atoms with E-state index in [1.165, 1.54) is 26.8 Å².